The van der Waals surface area contributed by atoms with E-state index in [0.29, 0.717) is 37.4 Å². The van der Waals surface area contributed by atoms with Crippen LogP contribution in [0, 0.1) is 11.8 Å². The van der Waals surface area contributed by atoms with Gasteiger partial charge in [0.25, 0.3) is 0 Å². The maximum Gasteiger partial charge on any atom is 0.233 e. The topological polar surface area (TPSA) is 66.5 Å². The second kappa shape index (κ2) is 7.83. The normalized spacial score (nSPS) is 22.2. The Labute approximate surface area is 152 Å². The number of amides is 3. The van der Waals surface area contributed by atoms with E-state index in [1.807, 2.05) is 24.3 Å². The third-order valence-corrected chi connectivity index (χ3v) is 5.04. The molecule has 5 nitrogen and oxygen atoms in total. The molecule has 1 aromatic carbocycles. The van der Waals surface area contributed by atoms with Crippen molar-refractivity contribution in [2.24, 2.45) is 11.8 Å². The summed E-state index contributed by atoms with van der Waals surface area (Å²) in [5.74, 6) is -0.651. The van der Waals surface area contributed by atoms with Crippen LogP contribution in [0.5, 0.6) is 0 Å². The Morgan fingerprint density at radius 2 is 1.68 bits per heavy atom. The van der Waals surface area contributed by atoms with Gasteiger partial charge in [0.1, 0.15) is 0 Å². The molecule has 1 fully saturated rings. The summed E-state index contributed by atoms with van der Waals surface area (Å²) < 4.78 is 0. The van der Waals surface area contributed by atoms with Crippen LogP contribution in [0.3, 0.4) is 0 Å². The van der Waals surface area contributed by atoms with Crippen molar-refractivity contribution in [3.63, 3.8) is 0 Å². The van der Waals surface area contributed by atoms with Gasteiger partial charge < -0.3 is 5.32 Å². The molecule has 1 aliphatic carbocycles. The number of nitrogens with zero attached hydrogens (tertiary/aromatic N) is 1. The highest BCUT2D eigenvalue weighted by Crippen LogP contribution is 2.35. The SMILES string of the molecule is O=C(CCCN1C(=O)[C@H]2CC=CC[C@H]2C1=O)NCc1ccc(Cl)cc1. The quantitative estimate of drug-likeness (QED) is 0.626. The number of allylic oxidation sites excluding steroid dienone is 2. The Hall–Kier alpha value is -2.14. The van der Waals surface area contributed by atoms with Gasteiger partial charge in [0, 0.05) is 24.5 Å². The molecule has 0 bridgehead atoms. The number of halogens is 1. The van der Waals surface area contributed by atoms with Crippen LogP contribution in [0.25, 0.3) is 0 Å². The number of carbonyl (C=O) groups excluding carboxylic acids is 3. The second-order valence-corrected chi connectivity index (χ2v) is 6.93. The fourth-order valence-electron chi connectivity index (χ4n) is 3.38. The number of benzene rings is 1. The van der Waals surface area contributed by atoms with E-state index in [-0.39, 0.29) is 36.0 Å². The first kappa shape index (κ1) is 17.7. The van der Waals surface area contributed by atoms with Crippen molar-refractivity contribution < 1.29 is 14.4 Å². The van der Waals surface area contributed by atoms with E-state index in [2.05, 4.69) is 5.32 Å². The highest BCUT2D eigenvalue weighted by Gasteiger charge is 2.46. The number of hydrogen-bond acceptors (Lipinski definition) is 3. The first-order valence-corrected chi connectivity index (χ1v) is 8.95. The molecule has 0 radical (unpaired) electrons. The lowest BCUT2D eigenvalue weighted by Crippen LogP contribution is -2.33. The lowest BCUT2D eigenvalue weighted by Gasteiger charge is -2.14. The Kier molecular flexibility index (Phi) is 5.53. The minimum atomic E-state index is -0.198. The summed E-state index contributed by atoms with van der Waals surface area (Å²) in [5.41, 5.74) is 0.972. The number of hydrogen-bond donors (Lipinski definition) is 1. The smallest absolute Gasteiger partial charge is 0.233 e. The van der Waals surface area contributed by atoms with Crippen LogP contribution in [0.4, 0.5) is 0 Å². The van der Waals surface area contributed by atoms with Crippen LogP contribution >= 0.6 is 11.6 Å². The number of fused-ring (bicyclic) bond motifs is 1. The van der Waals surface area contributed by atoms with Crippen molar-refractivity contribution in [2.75, 3.05) is 6.54 Å². The van der Waals surface area contributed by atoms with Crippen LogP contribution in [0.15, 0.2) is 36.4 Å². The first-order valence-electron chi connectivity index (χ1n) is 8.57. The molecule has 6 heteroatoms. The monoisotopic (exact) mass is 360 g/mol. The minimum Gasteiger partial charge on any atom is -0.352 e. The Morgan fingerprint density at radius 1 is 1.08 bits per heavy atom. The fraction of sp³-hybridized carbons (Fsp3) is 0.421. The second-order valence-electron chi connectivity index (χ2n) is 6.49. The van der Waals surface area contributed by atoms with Crippen molar-refractivity contribution in [1.82, 2.24) is 10.2 Å². The minimum absolute atomic E-state index is 0.0825. The number of imide groups is 1. The van der Waals surface area contributed by atoms with Crippen molar-refractivity contribution in [3.8, 4) is 0 Å². The van der Waals surface area contributed by atoms with Gasteiger partial charge in [0.05, 0.1) is 11.8 Å². The molecule has 132 valence electrons. The van der Waals surface area contributed by atoms with E-state index < -0.39 is 0 Å². The van der Waals surface area contributed by atoms with E-state index in [1.165, 1.54) is 4.90 Å². The van der Waals surface area contributed by atoms with Crippen LogP contribution < -0.4 is 5.32 Å². The molecule has 25 heavy (non-hydrogen) atoms. The molecule has 2 aliphatic rings. The molecule has 0 saturated carbocycles. The average Bonchev–Trinajstić information content (AvgIpc) is 2.86. The maximum atomic E-state index is 12.3. The number of carbonyl (C=O) groups is 3. The molecule has 1 aromatic rings. The summed E-state index contributed by atoms with van der Waals surface area (Å²) >= 11 is 5.82. The average molecular weight is 361 g/mol. The third-order valence-electron chi connectivity index (χ3n) is 4.79. The third kappa shape index (κ3) is 4.10. The van der Waals surface area contributed by atoms with E-state index >= 15 is 0 Å². The van der Waals surface area contributed by atoms with Gasteiger partial charge in [-0.25, -0.2) is 0 Å². The van der Waals surface area contributed by atoms with Crippen molar-refractivity contribution in [3.05, 3.63) is 47.0 Å². The number of likely N-dealkylation sites (tertiary alicyclic amines) is 1. The van der Waals surface area contributed by atoms with Gasteiger partial charge in [-0.3, -0.25) is 19.3 Å². The van der Waals surface area contributed by atoms with E-state index in [9.17, 15) is 14.4 Å². The molecule has 3 amide bonds. The summed E-state index contributed by atoms with van der Waals surface area (Å²) in [6.45, 7) is 0.756. The number of rotatable bonds is 6. The summed E-state index contributed by atoms with van der Waals surface area (Å²) in [6, 6.07) is 7.28. The van der Waals surface area contributed by atoms with Gasteiger partial charge in [0.2, 0.25) is 17.7 Å². The van der Waals surface area contributed by atoms with Gasteiger partial charge in [-0.15, -0.1) is 0 Å². The zero-order valence-corrected chi connectivity index (χ0v) is 14.7. The summed E-state index contributed by atoms with van der Waals surface area (Å²) in [6.07, 6.45) is 6.01. The standard InChI is InChI=1S/C19H21ClN2O3/c20-14-9-7-13(8-10-14)12-21-17(23)6-3-11-22-18(24)15-4-1-2-5-16(15)19(22)25/h1-2,7-10,15-16H,3-6,11-12H2,(H,21,23)/t15-,16+. The molecule has 1 saturated heterocycles. The molecular weight excluding hydrogens is 340 g/mol. The first-order chi connectivity index (χ1) is 12.1. The van der Waals surface area contributed by atoms with Crippen LogP contribution in [0.1, 0.15) is 31.2 Å². The highest BCUT2D eigenvalue weighted by atomic mass is 35.5. The van der Waals surface area contributed by atoms with E-state index in [4.69, 9.17) is 11.6 Å². The Bertz CT molecular complexity index is 673. The van der Waals surface area contributed by atoms with Crippen LogP contribution in [-0.4, -0.2) is 29.2 Å². The highest BCUT2D eigenvalue weighted by molar-refractivity contribution is 6.30. The van der Waals surface area contributed by atoms with Crippen molar-refractivity contribution in [2.45, 2.75) is 32.2 Å². The zero-order chi connectivity index (χ0) is 17.8. The van der Waals surface area contributed by atoms with Gasteiger partial charge in [0.15, 0.2) is 0 Å². The molecular formula is C19H21ClN2O3. The van der Waals surface area contributed by atoms with E-state index in [0.717, 1.165) is 5.56 Å². The van der Waals surface area contributed by atoms with E-state index in [1.54, 1.807) is 12.1 Å². The van der Waals surface area contributed by atoms with Crippen molar-refractivity contribution in [1.29, 1.82) is 0 Å². The molecule has 0 unspecified atom stereocenters. The van der Waals surface area contributed by atoms with Crippen molar-refractivity contribution >= 4 is 29.3 Å². The molecule has 0 spiro atoms. The fourth-order valence-corrected chi connectivity index (χ4v) is 3.50. The Balaban J connectivity index is 1.42. The van der Waals surface area contributed by atoms with Gasteiger partial charge >= 0.3 is 0 Å². The number of nitrogens with one attached hydrogen (secondary N) is 1. The molecule has 0 aromatic heterocycles. The summed E-state index contributed by atoms with van der Waals surface area (Å²) in [7, 11) is 0. The van der Waals surface area contributed by atoms with Gasteiger partial charge in [-0.05, 0) is 37.0 Å². The molecule has 1 aliphatic heterocycles. The summed E-state index contributed by atoms with van der Waals surface area (Å²) in [5, 5.41) is 3.49. The molecule has 1 N–H and O–H groups in total. The lowest BCUT2D eigenvalue weighted by atomic mass is 9.85. The largest absolute Gasteiger partial charge is 0.352 e. The Morgan fingerprint density at radius 3 is 2.28 bits per heavy atom. The maximum absolute atomic E-state index is 12.3. The van der Waals surface area contributed by atoms with Gasteiger partial charge in [-0.2, -0.15) is 0 Å². The van der Waals surface area contributed by atoms with Crippen LogP contribution in [-0.2, 0) is 20.9 Å². The predicted octanol–water partition coefficient (Wildman–Crippen LogP) is 2.69. The molecule has 3 rings (SSSR count). The lowest BCUT2D eigenvalue weighted by molar-refractivity contribution is -0.140. The van der Waals surface area contributed by atoms with Gasteiger partial charge in [-0.1, -0.05) is 35.9 Å². The molecule has 1 heterocycles. The predicted molar refractivity (Wildman–Crippen MR) is 94.6 cm³/mol. The van der Waals surface area contributed by atoms with Crippen LogP contribution in [0.2, 0.25) is 5.02 Å². The molecule has 2 atom stereocenters. The zero-order valence-electron chi connectivity index (χ0n) is 13.9. The summed E-state index contributed by atoms with van der Waals surface area (Å²) in [4.78, 5) is 37.9.